The molecule has 1 heterocycles. The van der Waals surface area contributed by atoms with Crippen LogP contribution in [0.25, 0.3) is 10.9 Å². The second-order valence-electron chi connectivity index (χ2n) is 6.17. The highest BCUT2D eigenvalue weighted by molar-refractivity contribution is 5.98. The van der Waals surface area contributed by atoms with E-state index in [2.05, 4.69) is 4.98 Å². The summed E-state index contributed by atoms with van der Waals surface area (Å²) in [5.74, 6) is -0.299. The Labute approximate surface area is 176 Å². The van der Waals surface area contributed by atoms with Crippen molar-refractivity contribution in [3.8, 4) is 40.2 Å². The van der Waals surface area contributed by atoms with Crippen LogP contribution in [0, 0.1) is 0 Å². The van der Waals surface area contributed by atoms with Crippen LogP contribution >= 0.6 is 0 Å². The Balaban J connectivity index is 2.07. The number of rotatable bonds is 7. The Hall–Kier alpha value is -4.08. The summed E-state index contributed by atoms with van der Waals surface area (Å²) in [6.07, 6.45) is 1.19. The summed E-state index contributed by atoms with van der Waals surface area (Å²) in [7, 11) is 6.99. The smallest absolute Gasteiger partial charge is 0.349 e. The third-order valence-corrected chi connectivity index (χ3v) is 4.56. The second kappa shape index (κ2) is 8.74. The number of benzene rings is 2. The second-order valence-corrected chi connectivity index (χ2v) is 6.17. The molecular weight excluding hydrogens is 410 g/mol. The molecule has 0 saturated carbocycles. The van der Waals surface area contributed by atoms with Crippen molar-refractivity contribution in [2.45, 2.75) is 0 Å². The van der Waals surface area contributed by atoms with Crippen LogP contribution in [0.4, 0.5) is 0 Å². The third-order valence-electron chi connectivity index (χ3n) is 4.56. The van der Waals surface area contributed by atoms with Gasteiger partial charge >= 0.3 is 5.97 Å². The first kappa shape index (κ1) is 21.6. The molecule has 2 aromatic carbocycles. The van der Waals surface area contributed by atoms with Gasteiger partial charge in [0.25, 0.3) is 0 Å². The molecule has 1 aromatic heterocycles. The van der Waals surface area contributed by atoms with E-state index in [9.17, 15) is 14.7 Å². The maximum absolute atomic E-state index is 12.9. The van der Waals surface area contributed by atoms with Crippen molar-refractivity contribution in [2.24, 2.45) is 0 Å². The highest BCUT2D eigenvalue weighted by Crippen LogP contribution is 2.42. The van der Waals surface area contributed by atoms with Crippen molar-refractivity contribution >= 4 is 16.9 Å². The molecule has 2 N–H and O–H groups in total. The van der Waals surface area contributed by atoms with Crippen LogP contribution in [-0.4, -0.2) is 51.6 Å². The molecule has 3 aromatic rings. The van der Waals surface area contributed by atoms with Crippen molar-refractivity contribution in [2.75, 3.05) is 35.5 Å². The van der Waals surface area contributed by atoms with Crippen molar-refractivity contribution in [3.63, 3.8) is 0 Å². The van der Waals surface area contributed by atoms with E-state index in [0.717, 1.165) is 0 Å². The zero-order valence-corrected chi connectivity index (χ0v) is 17.5. The summed E-state index contributed by atoms with van der Waals surface area (Å²) in [5.41, 5.74) is -0.821. The van der Waals surface area contributed by atoms with E-state index in [4.69, 9.17) is 28.4 Å². The number of ether oxygens (including phenoxy) is 6. The maximum Gasteiger partial charge on any atom is 0.349 e. The molecule has 0 saturated heterocycles. The van der Waals surface area contributed by atoms with Crippen LogP contribution in [0.1, 0.15) is 10.4 Å². The Morgan fingerprint density at radius 1 is 0.839 bits per heavy atom. The lowest BCUT2D eigenvalue weighted by molar-refractivity contribution is 0.0732. The summed E-state index contributed by atoms with van der Waals surface area (Å²) in [4.78, 5) is 28.5. The van der Waals surface area contributed by atoms with E-state index < -0.39 is 17.1 Å². The predicted molar refractivity (Wildman–Crippen MR) is 110 cm³/mol. The van der Waals surface area contributed by atoms with Crippen molar-refractivity contribution in [1.29, 1.82) is 0 Å². The lowest BCUT2D eigenvalue weighted by atomic mass is 10.1. The molecule has 0 aliphatic heterocycles. The van der Waals surface area contributed by atoms with Crippen LogP contribution in [0.5, 0.6) is 40.2 Å². The Kier molecular flexibility index (Phi) is 6.10. The van der Waals surface area contributed by atoms with Gasteiger partial charge in [-0.25, -0.2) is 4.79 Å². The zero-order chi connectivity index (χ0) is 22.7. The standard InChI is InChI=1S/C21H21NO9/c1-26-13-6-10(7-14(27-2)19(13)29-4)31-21(25)11-9-22-12-8-15(28-3)20(30-5)18(24)16(12)17(11)23/h6-9,24H,1-5H3,(H,22,23). The fraction of sp³-hybridized carbons (Fsp3) is 0.238. The number of carbonyl (C=O) groups is 1. The number of aromatic amines is 1. The molecule has 0 atom stereocenters. The molecule has 10 nitrogen and oxygen atoms in total. The first-order valence-corrected chi connectivity index (χ1v) is 8.91. The quantitative estimate of drug-likeness (QED) is 0.429. The summed E-state index contributed by atoms with van der Waals surface area (Å²) in [5, 5.41) is 10.4. The van der Waals surface area contributed by atoms with E-state index in [-0.39, 0.29) is 45.2 Å². The number of nitrogens with one attached hydrogen (secondary N) is 1. The van der Waals surface area contributed by atoms with Crippen LogP contribution in [0.2, 0.25) is 0 Å². The van der Waals surface area contributed by atoms with Gasteiger partial charge in [0.2, 0.25) is 16.9 Å². The number of aromatic nitrogens is 1. The molecule has 0 unspecified atom stereocenters. The number of methoxy groups -OCH3 is 5. The number of H-pyrrole nitrogens is 1. The molecule has 10 heteroatoms. The number of fused-ring (bicyclic) bond motifs is 1. The van der Waals surface area contributed by atoms with Crippen molar-refractivity contribution in [3.05, 3.63) is 40.2 Å². The number of carbonyl (C=O) groups excluding carboxylic acids is 1. The van der Waals surface area contributed by atoms with Gasteiger partial charge in [-0.3, -0.25) is 4.79 Å². The van der Waals surface area contributed by atoms with Gasteiger partial charge in [0, 0.05) is 24.4 Å². The van der Waals surface area contributed by atoms with Crippen LogP contribution in [0.3, 0.4) is 0 Å². The summed E-state index contributed by atoms with van der Waals surface area (Å²) >= 11 is 0. The monoisotopic (exact) mass is 431 g/mol. The molecule has 0 aliphatic rings. The van der Waals surface area contributed by atoms with Gasteiger partial charge in [-0.15, -0.1) is 0 Å². The average molecular weight is 431 g/mol. The van der Waals surface area contributed by atoms with Crippen molar-refractivity contribution in [1.82, 2.24) is 4.98 Å². The highest BCUT2D eigenvalue weighted by Gasteiger charge is 2.23. The maximum atomic E-state index is 12.9. The molecule has 31 heavy (non-hydrogen) atoms. The minimum absolute atomic E-state index is 0.0318. The van der Waals surface area contributed by atoms with E-state index in [1.54, 1.807) is 0 Å². The van der Waals surface area contributed by atoms with Gasteiger partial charge in [-0.2, -0.15) is 0 Å². The van der Waals surface area contributed by atoms with Gasteiger partial charge in [0.15, 0.2) is 23.0 Å². The third kappa shape index (κ3) is 3.75. The van der Waals surface area contributed by atoms with E-state index >= 15 is 0 Å². The number of phenolic OH excluding ortho intramolecular Hbond substituents is 1. The molecule has 164 valence electrons. The van der Waals surface area contributed by atoms with E-state index in [1.165, 1.54) is 59.9 Å². The predicted octanol–water partition coefficient (Wildman–Crippen LogP) is 2.50. The average Bonchev–Trinajstić information content (AvgIpc) is 2.77. The fourth-order valence-electron chi connectivity index (χ4n) is 3.10. The normalized spacial score (nSPS) is 10.5. The zero-order valence-electron chi connectivity index (χ0n) is 17.5. The molecular formula is C21H21NO9. The van der Waals surface area contributed by atoms with Gasteiger partial charge in [0.1, 0.15) is 11.3 Å². The number of hydrogen-bond acceptors (Lipinski definition) is 9. The van der Waals surface area contributed by atoms with Gasteiger partial charge in [-0.05, 0) is 0 Å². The number of phenols is 1. The fourth-order valence-corrected chi connectivity index (χ4v) is 3.10. The Bertz CT molecular complexity index is 1170. The molecule has 0 spiro atoms. The molecule has 0 radical (unpaired) electrons. The Morgan fingerprint density at radius 3 is 1.90 bits per heavy atom. The van der Waals surface area contributed by atoms with Gasteiger partial charge < -0.3 is 38.5 Å². The van der Waals surface area contributed by atoms with Crippen LogP contribution < -0.4 is 33.8 Å². The van der Waals surface area contributed by atoms with Crippen molar-refractivity contribution < 1.29 is 38.3 Å². The number of pyridine rings is 1. The highest BCUT2D eigenvalue weighted by atomic mass is 16.5. The molecule has 0 aliphatic carbocycles. The first-order valence-electron chi connectivity index (χ1n) is 8.91. The number of esters is 1. The minimum Gasteiger partial charge on any atom is -0.504 e. The summed E-state index contributed by atoms with van der Waals surface area (Å²) < 4.78 is 31.3. The molecule has 0 fully saturated rings. The van der Waals surface area contributed by atoms with Crippen LogP contribution in [0.15, 0.2) is 29.2 Å². The minimum atomic E-state index is -0.952. The van der Waals surface area contributed by atoms with Gasteiger partial charge in [-0.1, -0.05) is 0 Å². The summed E-state index contributed by atoms with van der Waals surface area (Å²) in [6, 6.07) is 4.31. The SMILES string of the molecule is COc1cc(OC(=O)c2c[nH]c3cc(OC)c(OC)c(O)c3c2=O)cc(OC)c1OC. The lowest BCUT2D eigenvalue weighted by Gasteiger charge is -2.14. The Morgan fingerprint density at radius 2 is 1.39 bits per heavy atom. The van der Waals surface area contributed by atoms with Gasteiger partial charge in [0.05, 0.1) is 46.5 Å². The molecule has 3 rings (SSSR count). The molecule has 0 bridgehead atoms. The van der Waals surface area contributed by atoms with Crippen LogP contribution in [-0.2, 0) is 0 Å². The van der Waals surface area contributed by atoms with E-state index in [1.807, 2.05) is 0 Å². The largest absolute Gasteiger partial charge is 0.504 e. The molecule has 0 amide bonds. The first-order chi connectivity index (χ1) is 14.9. The lowest BCUT2D eigenvalue weighted by Crippen LogP contribution is -2.20. The number of hydrogen-bond donors (Lipinski definition) is 2. The summed E-state index contributed by atoms with van der Waals surface area (Å²) in [6.45, 7) is 0. The number of aromatic hydroxyl groups is 1. The topological polar surface area (TPSA) is 126 Å². The van der Waals surface area contributed by atoms with E-state index in [0.29, 0.717) is 5.75 Å².